The van der Waals surface area contributed by atoms with Crippen molar-refractivity contribution in [1.29, 1.82) is 0 Å². The molecule has 0 atom stereocenters. The zero-order valence-electron chi connectivity index (χ0n) is 10.1. The first kappa shape index (κ1) is 11.8. The number of aryl methyl sites for hydroxylation is 1. The summed E-state index contributed by atoms with van der Waals surface area (Å²) >= 11 is 0. The van der Waals surface area contributed by atoms with Gasteiger partial charge in [-0.2, -0.15) is 0 Å². The van der Waals surface area contributed by atoms with E-state index in [0.717, 1.165) is 11.1 Å². The Bertz CT molecular complexity index is 547. The van der Waals surface area contributed by atoms with E-state index in [0.29, 0.717) is 5.56 Å². The van der Waals surface area contributed by atoms with Crippen LogP contribution in [0.2, 0.25) is 0 Å². The van der Waals surface area contributed by atoms with Crippen molar-refractivity contribution in [1.82, 2.24) is 0 Å². The van der Waals surface area contributed by atoms with Crippen molar-refractivity contribution >= 4 is 0 Å². The van der Waals surface area contributed by atoms with Crippen LogP contribution in [0.5, 0.6) is 0 Å². The fourth-order valence-electron chi connectivity index (χ4n) is 1.94. The molecule has 0 amide bonds. The fourth-order valence-corrected chi connectivity index (χ4v) is 1.94. The molecule has 2 N–H and O–H groups in total. The van der Waals surface area contributed by atoms with Gasteiger partial charge in [-0.25, -0.2) is 4.39 Å². The van der Waals surface area contributed by atoms with Crippen LogP contribution in [-0.2, 0) is 6.54 Å². The summed E-state index contributed by atoms with van der Waals surface area (Å²) in [6.07, 6.45) is 0. The van der Waals surface area contributed by atoms with E-state index in [2.05, 4.69) is 19.9 Å². The lowest BCUT2D eigenvalue weighted by molar-refractivity contribution is 0.611. The first-order valence-electron chi connectivity index (χ1n) is 5.68. The Kier molecular flexibility index (Phi) is 3.25. The summed E-state index contributed by atoms with van der Waals surface area (Å²) in [7, 11) is 0. The second kappa shape index (κ2) is 4.68. The quantitative estimate of drug-likeness (QED) is 0.837. The van der Waals surface area contributed by atoms with E-state index in [1.165, 1.54) is 11.1 Å². The summed E-state index contributed by atoms with van der Waals surface area (Å²) in [6.45, 7) is 4.35. The Labute approximate surface area is 101 Å². The predicted molar refractivity (Wildman–Crippen MR) is 69.2 cm³/mol. The van der Waals surface area contributed by atoms with Gasteiger partial charge in [0.05, 0.1) is 0 Å². The molecule has 0 saturated heterocycles. The lowest BCUT2D eigenvalue weighted by Gasteiger charge is -2.10. The Morgan fingerprint density at radius 1 is 1.12 bits per heavy atom. The molecule has 0 unspecified atom stereocenters. The molecule has 1 nitrogen and oxygen atoms in total. The van der Waals surface area contributed by atoms with E-state index in [1.54, 1.807) is 12.1 Å². The number of hydrogen-bond donors (Lipinski definition) is 1. The molecule has 0 fully saturated rings. The van der Waals surface area contributed by atoms with Gasteiger partial charge in [0.25, 0.3) is 0 Å². The number of hydrogen-bond acceptors (Lipinski definition) is 1. The second-order valence-corrected chi connectivity index (χ2v) is 4.26. The van der Waals surface area contributed by atoms with Gasteiger partial charge in [-0.05, 0) is 42.2 Å². The lowest BCUT2D eigenvalue weighted by Crippen LogP contribution is -1.99. The van der Waals surface area contributed by atoms with Crippen molar-refractivity contribution in [2.45, 2.75) is 20.4 Å². The highest BCUT2D eigenvalue weighted by atomic mass is 19.1. The molecule has 2 aromatic rings. The highest BCUT2D eigenvalue weighted by Crippen LogP contribution is 2.26. The van der Waals surface area contributed by atoms with Crippen LogP contribution in [-0.4, -0.2) is 0 Å². The summed E-state index contributed by atoms with van der Waals surface area (Å²) in [6, 6.07) is 11.3. The Morgan fingerprint density at radius 3 is 2.53 bits per heavy atom. The third-order valence-corrected chi connectivity index (χ3v) is 3.19. The normalized spacial score (nSPS) is 10.6. The monoisotopic (exact) mass is 229 g/mol. The van der Waals surface area contributed by atoms with Crippen LogP contribution in [0.1, 0.15) is 16.7 Å². The molecule has 0 aromatic heterocycles. The Morgan fingerprint density at radius 2 is 1.88 bits per heavy atom. The largest absolute Gasteiger partial charge is 0.326 e. The first-order chi connectivity index (χ1) is 8.13. The number of nitrogens with two attached hydrogens (primary N) is 1. The molecular formula is C15H16FN. The number of halogens is 1. The van der Waals surface area contributed by atoms with Crippen LogP contribution in [0, 0.1) is 19.7 Å². The van der Waals surface area contributed by atoms with E-state index < -0.39 is 0 Å². The third-order valence-electron chi connectivity index (χ3n) is 3.19. The van der Waals surface area contributed by atoms with Gasteiger partial charge in [0.1, 0.15) is 5.82 Å². The zero-order valence-corrected chi connectivity index (χ0v) is 10.1. The van der Waals surface area contributed by atoms with Gasteiger partial charge >= 0.3 is 0 Å². The summed E-state index contributed by atoms with van der Waals surface area (Å²) in [5.41, 5.74) is 10.4. The zero-order chi connectivity index (χ0) is 12.4. The third kappa shape index (κ3) is 2.22. The first-order valence-corrected chi connectivity index (χ1v) is 5.68. The smallest absolute Gasteiger partial charge is 0.128 e. The molecule has 0 aliphatic carbocycles. The minimum atomic E-state index is -0.231. The SMILES string of the molecule is Cc1cccc(-c2ccc(CN)c(F)c2)c1C. The molecule has 2 rings (SSSR count). The Hall–Kier alpha value is -1.67. The topological polar surface area (TPSA) is 26.0 Å². The molecule has 0 radical (unpaired) electrons. The van der Waals surface area contributed by atoms with E-state index >= 15 is 0 Å². The van der Waals surface area contributed by atoms with Crippen molar-refractivity contribution in [3.63, 3.8) is 0 Å². The van der Waals surface area contributed by atoms with Gasteiger partial charge in [0.15, 0.2) is 0 Å². The summed E-state index contributed by atoms with van der Waals surface area (Å²) in [5.74, 6) is -0.231. The maximum atomic E-state index is 13.7. The highest BCUT2D eigenvalue weighted by Gasteiger charge is 2.07. The average Bonchev–Trinajstić information content (AvgIpc) is 2.32. The predicted octanol–water partition coefficient (Wildman–Crippen LogP) is 3.57. The Balaban J connectivity index is 2.54. The summed E-state index contributed by atoms with van der Waals surface area (Å²) in [4.78, 5) is 0. The van der Waals surface area contributed by atoms with Crippen LogP contribution in [0.15, 0.2) is 36.4 Å². The van der Waals surface area contributed by atoms with Gasteiger partial charge in [-0.15, -0.1) is 0 Å². The van der Waals surface area contributed by atoms with Crippen LogP contribution >= 0.6 is 0 Å². The van der Waals surface area contributed by atoms with Crippen molar-refractivity contribution < 1.29 is 4.39 Å². The van der Waals surface area contributed by atoms with E-state index in [4.69, 9.17) is 5.73 Å². The molecule has 2 aromatic carbocycles. The van der Waals surface area contributed by atoms with Crippen LogP contribution < -0.4 is 5.73 Å². The van der Waals surface area contributed by atoms with Gasteiger partial charge in [-0.1, -0.05) is 30.3 Å². The maximum Gasteiger partial charge on any atom is 0.128 e. The standard InChI is InChI=1S/C15H16FN/c1-10-4-3-5-14(11(10)2)12-6-7-13(9-17)15(16)8-12/h3-8H,9,17H2,1-2H3. The minimum Gasteiger partial charge on any atom is -0.326 e. The molecule has 0 saturated carbocycles. The van der Waals surface area contributed by atoms with Crippen LogP contribution in [0.25, 0.3) is 11.1 Å². The molecule has 0 heterocycles. The van der Waals surface area contributed by atoms with Gasteiger partial charge in [0, 0.05) is 12.1 Å². The molecule has 0 aliphatic rings. The maximum absolute atomic E-state index is 13.7. The second-order valence-electron chi connectivity index (χ2n) is 4.26. The molecular weight excluding hydrogens is 213 g/mol. The lowest BCUT2D eigenvalue weighted by atomic mass is 9.96. The van der Waals surface area contributed by atoms with Crippen molar-refractivity contribution in [3.8, 4) is 11.1 Å². The van der Waals surface area contributed by atoms with Gasteiger partial charge in [0.2, 0.25) is 0 Å². The van der Waals surface area contributed by atoms with E-state index in [-0.39, 0.29) is 12.4 Å². The van der Waals surface area contributed by atoms with Crippen molar-refractivity contribution in [2.75, 3.05) is 0 Å². The van der Waals surface area contributed by atoms with Gasteiger partial charge < -0.3 is 5.73 Å². The molecule has 2 heteroatoms. The van der Waals surface area contributed by atoms with E-state index in [1.807, 2.05) is 18.2 Å². The molecule has 17 heavy (non-hydrogen) atoms. The molecule has 0 bridgehead atoms. The summed E-state index contributed by atoms with van der Waals surface area (Å²) in [5, 5.41) is 0. The van der Waals surface area contributed by atoms with Crippen LogP contribution in [0.4, 0.5) is 4.39 Å². The van der Waals surface area contributed by atoms with Crippen molar-refractivity contribution in [2.24, 2.45) is 5.73 Å². The number of benzene rings is 2. The highest BCUT2D eigenvalue weighted by molar-refractivity contribution is 5.68. The molecule has 0 spiro atoms. The molecule has 88 valence electrons. The van der Waals surface area contributed by atoms with Gasteiger partial charge in [-0.3, -0.25) is 0 Å². The number of rotatable bonds is 2. The van der Waals surface area contributed by atoms with Crippen LogP contribution in [0.3, 0.4) is 0 Å². The fraction of sp³-hybridized carbons (Fsp3) is 0.200. The van der Waals surface area contributed by atoms with Crippen molar-refractivity contribution in [3.05, 3.63) is 58.9 Å². The molecule has 0 aliphatic heterocycles. The summed E-state index contributed by atoms with van der Waals surface area (Å²) < 4.78 is 13.7. The average molecular weight is 229 g/mol. The van der Waals surface area contributed by atoms with E-state index in [9.17, 15) is 4.39 Å². The minimum absolute atomic E-state index is 0.231.